The van der Waals surface area contributed by atoms with Crippen molar-refractivity contribution in [2.75, 3.05) is 13.2 Å². The van der Waals surface area contributed by atoms with Crippen LogP contribution in [-0.2, 0) is 28.7 Å². The van der Waals surface area contributed by atoms with Gasteiger partial charge in [-0.15, -0.1) is 0 Å². The molecule has 0 amide bonds. The van der Waals surface area contributed by atoms with Crippen LogP contribution >= 0.6 is 0 Å². The maximum atomic E-state index is 10.7. The van der Waals surface area contributed by atoms with Crippen molar-refractivity contribution in [1.82, 2.24) is 0 Å². The monoisotopic (exact) mass is 350 g/mol. The normalized spacial score (nSPS) is 25.8. The molecule has 0 spiro atoms. The number of Topliss-reactive ketones (excluding diaryl/α,β-unsaturated/α-hetero) is 2. The van der Waals surface area contributed by atoms with E-state index in [-0.39, 0.29) is 0 Å². The van der Waals surface area contributed by atoms with Gasteiger partial charge in [-0.1, -0.05) is 0 Å². The predicted octanol–water partition coefficient (Wildman–Crippen LogP) is -4.00. The Hall–Kier alpha value is -2.54. The Morgan fingerprint density at radius 1 is 0.833 bits per heavy atom. The van der Waals surface area contributed by atoms with Crippen LogP contribution in [0.2, 0.25) is 0 Å². The molecule has 2 aliphatic heterocycles. The van der Waals surface area contributed by atoms with Crippen molar-refractivity contribution in [3.63, 3.8) is 0 Å². The van der Waals surface area contributed by atoms with Gasteiger partial charge in [0.15, 0.2) is 18.0 Å². The molecule has 0 radical (unpaired) electrons. The van der Waals surface area contributed by atoms with E-state index < -0.39 is 72.7 Å². The summed E-state index contributed by atoms with van der Waals surface area (Å²) in [5.41, 5.74) is 0. The summed E-state index contributed by atoms with van der Waals surface area (Å²) < 4.78 is 8.51. The van der Waals surface area contributed by atoms with Crippen molar-refractivity contribution in [3.8, 4) is 0 Å². The van der Waals surface area contributed by atoms with Crippen LogP contribution in [0.5, 0.6) is 0 Å². The lowest BCUT2D eigenvalue weighted by Crippen LogP contribution is -2.35. The van der Waals surface area contributed by atoms with Crippen LogP contribution in [0, 0.1) is 0 Å². The molecule has 0 aromatic carbocycles. The molecule has 0 aliphatic carbocycles. The molecule has 24 heavy (non-hydrogen) atoms. The highest BCUT2D eigenvalue weighted by molar-refractivity contribution is 6.65. The van der Waals surface area contributed by atoms with Crippen molar-refractivity contribution in [2.45, 2.75) is 24.4 Å². The molecular formula is C12H14O12. The maximum Gasteiger partial charge on any atom is 0.383 e. The van der Waals surface area contributed by atoms with E-state index >= 15 is 0 Å². The maximum absolute atomic E-state index is 10.7. The summed E-state index contributed by atoms with van der Waals surface area (Å²) in [6.07, 6.45) is -5.83. The molecule has 1 fully saturated rings. The van der Waals surface area contributed by atoms with Crippen molar-refractivity contribution in [1.29, 1.82) is 0 Å². The molecule has 134 valence electrons. The zero-order valence-electron chi connectivity index (χ0n) is 11.9. The number of rotatable bonds is 4. The molecule has 0 saturated carbocycles. The molecular weight excluding hydrogens is 336 g/mol. The first-order chi connectivity index (χ1) is 11.1. The molecule has 4 atom stereocenters. The lowest BCUT2D eigenvalue weighted by Gasteiger charge is -2.13. The Labute approximate surface area is 133 Å². The molecule has 12 nitrogen and oxygen atoms in total. The van der Waals surface area contributed by atoms with Gasteiger partial charge in [0.05, 0.1) is 13.2 Å². The average Bonchev–Trinajstić information content (AvgIpc) is 2.98. The highest BCUT2D eigenvalue weighted by Crippen LogP contribution is 2.20. The zero-order valence-corrected chi connectivity index (χ0v) is 11.9. The van der Waals surface area contributed by atoms with Crippen LogP contribution < -0.4 is 0 Å². The Morgan fingerprint density at radius 2 is 1.29 bits per heavy atom. The van der Waals surface area contributed by atoms with E-state index in [0.29, 0.717) is 0 Å². The standard InChI is InChI=1S/C6H8O6.C6H6O6/c2*7-1-2(8)5-3(9)4(10)6(11)12-5/h2,5,7-10H,1H2;2,5,7-8H,1H2/t2*2-,5?/m11/s1. The van der Waals surface area contributed by atoms with Gasteiger partial charge in [-0.05, 0) is 0 Å². The van der Waals surface area contributed by atoms with Gasteiger partial charge in [0.25, 0.3) is 5.78 Å². The van der Waals surface area contributed by atoms with Gasteiger partial charge in [-0.3, -0.25) is 9.59 Å². The Bertz CT molecular complexity index is 569. The van der Waals surface area contributed by atoms with E-state index in [9.17, 15) is 19.2 Å². The van der Waals surface area contributed by atoms with Crippen LogP contribution in [0.25, 0.3) is 0 Å². The molecule has 12 heteroatoms. The number of aliphatic hydroxyl groups excluding tert-OH is 6. The lowest BCUT2D eigenvalue weighted by atomic mass is 10.1. The number of hydrogen-bond acceptors (Lipinski definition) is 12. The molecule has 0 bridgehead atoms. The Morgan fingerprint density at radius 3 is 1.62 bits per heavy atom. The summed E-state index contributed by atoms with van der Waals surface area (Å²) in [6.45, 7) is -1.41. The molecule has 6 N–H and O–H groups in total. The minimum absolute atomic E-state index is 0.671. The van der Waals surface area contributed by atoms with E-state index in [1.54, 1.807) is 0 Å². The number of aliphatic hydroxyl groups is 6. The smallest absolute Gasteiger partial charge is 0.383 e. The highest BCUT2D eigenvalue weighted by Gasteiger charge is 2.45. The van der Waals surface area contributed by atoms with Crippen molar-refractivity contribution < 1.29 is 59.3 Å². The summed E-state index contributed by atoms with van der Waals surface area (Å²) in [4.78, 5) is 42.2. The van der Waals surface area contributed by atoms with E-state index in [1.165, 1.54) is 0 Å². The summed E-state index contributed by atoms with van der Waals surface area (Å²) >= 11 is 0. The summed E-state index contributed by atoms with van der Waals surface area (Å²) in [5.74, 6) is -6.45. The number of carbonyl (C=O) groups excluding carboxylic acids is 4. The van der Waals surface area contributed by atoms with Gasteiger partial charge < -0.3 is 40.1 Å². The third-order valence-corrected chi connectivity index (χ3v) is 2.91. The minimum atomic E-state index is -1.53. The number of hydrogen-bond donors (Lipinski definition) is 6. The van der Waals surface area contributed by atoms with Crippen LogP contribution in [0.1, 0.15) is 0 Å². The van der Waals surface area contributed by atoms with Gasteiger partial charge in [-0.2, -0.15) is 0 Å². The van der Waals surface area contributed by atoms with Crippen molar-refractivity contribution in [3.05, 3.63) is 11.5 Å². The van der Waals surface area contributed by atoms with E-state index in [0.717, 1.165) is 0 Å². The van der Waals surface area contributed by atoms with Crippen molar-refractivity contribution in [2.24, 2.45) is 0 Å². The van der Waals surface area contributed by atoms with Crippen LogP contribution in [0.3, 0.4) is 0 Å². The van der Waals surface area contributed by atoms with E-state index in [2.05, 4.69) is 9.47 Å². The fraction of sp³-hybridized carbons (Fsp3) is 0.500. The summed E-state index contributed by atoms with van der Waals surface area (Å²) in [6, 6.07) is 0. The Balaban J connectivity index is 0.000000240. The summed E-state index contributed by atoms with van der Waals surface area (Å²) in [7, 11) is 0. The fourth-order valence-corrected chi connectivity index (χ4v) is 1.62. The van der Waals surface area contributed by atoms with E-state index in [4.69, 9.17) is 30.6 Å². The predicted molar refractivity (Wildman–Crippen MR) is 68.2 cm³/mol. The topological polar surface area (TPSA) is 208 Å². The van der Waals surface area contributed by atoms with Gasteiger partial charge in [0.1, 0.15) is 12.2 Å². The fourth-order valence-electron chi connectivity index (χ4n) is 1.62. The average molecular weight is 350 g/mol. The molecule has 0 aromatic heterocycles. The lowest BCUT2D eigenvalue weighted by molar-refractivity contribution is -0.152. The summed E-state index contributed by atoms with van der Waals surface area (Å²) in [5, 5.41) is 52.3. The highest BCUT2D eigenvalue weighted by atomic mass is 16.6. The van der Waals surface area contributed by atoms with Crippen LogP contribution in [-0.4, -0.2) is 91.8 Å². The third kappa shape index (κ3) is 3.86. The molecule has 2 aliphatic rings. The second-order valence-electron chi connectivity index (χ2n) is 4.58. The third-order valence-electron chi connectivity index (χ3n) is 2.91. The number of carbonyl (C=O) groups is 4. The largest absolute Gasteiger partial charge is 0.505 e. The number of ketones is 2. The van der Waals surface area contributed by atoms with Gasteiger partial charge in [-0.25, -0.2) is 9.59 Å². The second kappa shape index (κ2) is 7.83. The molecule has 1 saturated heterocycles. The molecule has 2 rings (SSSR count). The van der Waals surface area contributed by atoms with Crippen LogP contribution in [0.15, 0.2) is 11.5 Å². The van der Waals surface area contributed by atoms with Crippen molar-refractivity contribution >= 4 is 23.5 Å². The molecule has 0 aromatic rings. The first kappa shape index (κ1) is 19.5. The van der Waals surface area contributed by atoms with Gasteiger partial charge >= 0.3 is 17.7 Å². The van der Waals surface area contributed by atoms with Gasteiger partial charge in [0.2, 0.25) is 5.76 Å². The Kier molecular flexibility index (Phi) is 6.36. The number of ether oxygens (including phenoxy) is 2. The first-order valence-corrected chi connectivity index (χ1v) is 6.35. The van der Waals surface area contributed by atoms with E-state index in [1.807, 2.05) is 0 Å². The molecule has 2 heterocycles. The van der Waals surface area contributed by atoms with Crippen LogP contribution in [0.4, 0.5) is 0 Å². The second-order valence-corrected chi connectivity index (χ2v) is 4.58. The number of esters is 2. The number of cyclic esters (lactones) is 2. The zero-order chi connectivity index (χ0) is 18.6. The van der Waals surface area contributed by atoms with Gasteiger partial charge in [0, 0.05) is 0 Å². The quantitative estimate of drug-likeness (QED) is 0.212. The first-order valence-electron chi connectivity index (χ1n) is 6.35. The molecule has 2 unspecified atom stereocenters. The SMILES string of the molecule is O=C1OC([C@H](O)CO)C(=O)C1=O.O=C1OC([C@H](O)CO)C(O)=C1O. The minimum Gasteiger partial charge on any atom is -0.505 e.